The molecule has 5 saturated carbocycles. The number of fused-ring (bicyclic) bond motifs is 5. The number of H-pyrrole nitrogens is 1. The van der Waals surface area contributed by atoms with Gasteiger partial charge in [0.15, 0.2) is 6.29 Å². The molecule has 20 atom stereocenters. The molecule has 0 aromatic carbocycles. The molecule has 4 bridgehead atoms. The van der Waals surface area contributed by atoms with E-state index in [0.717, 1.165) is 44.2 Å². The van der Waals surface area contributed by atoms with Gasteiger partial charge in [0.1, 0.15) is 18.3 Å². The molecule has 8 fully saturated rings. The highest BCUT2D eigenvalue weighted by atomic mass is 16.7. The standard InChI is InChI=1S/C52H81N5O11/c1-45(25-58)14-16-51(44(65)66)17-15-47(3)29(30(51)19-45)10-11-35-48(47,4)21-32-39-46(2,26-59)41(68-42-38(62)37(61)34(60)23-67-42)40(63)52(24-55-32,49(35,39)5)20-31-36(57-43(64)50(31)12-6-7-13-50)28(9-8-18-53)33-22-54-27-56-33/h10,22,27-28,30-32,34-42,55,58-63H,6-9,11-21,23-26,53H2,1-5H3,(H,54,56)(H,57,64)(H,65,66). The van der Waals surface area contributed by atoms with Gasteiger partial charge in [0.2, 0.25) is 5.91 Å². The minimum atomic E-state index is -1.62. The maximum absolute atomic E-state index is 14.9. The van der Waals surface area contributed by atoms with Crippen molar-refractivity contribution in [3.05, 3.63) is 29.9 Å². The van der Waals surface area contributed by atoms with Gasteiger partial charge in [-0.05, 0) is 129 Å². The number of aliphatic hydroxyl groups excluding tert-OH is 6. The molecule has 10 rings (SSSR count). The first-order valence-corrected chi connectivity index (χ1v) is 26.1. The second-order valence-corrected chi connectivity index (χ2v) is 25.1. The topological polar surface area (TPSA) is 273 Å². The van der Waals surface area contributed by atoms with Crippen molar-refractivity contribution in [1.29, 1.82) is 0 Å². The minimum absolute atomic E-state index is 0.00481. The molecule has 4 heterocycles. The number of allylic oxidation sites excluding steroid dienone is 2. The van der Waals surface area contributed by atoms with Crippen molar-refractivity contribution in [3.8, 4) is 0 Å². The lowest BCUT2D eigenvalue weighted by Crippen LogP contribution is -2.84. The van der Waals surface area contributed by atoms with Gasteiger partial charge in [-0.25, -0.2) is 4.98 Å². The molecular weight excluding hydrogens is 871 g/mol. The van der Waals surface area contributed by atoms with Crippen LogP contribution >= 0.6 is 0 Å². The number of aliphatic hydroxyl groups is 6. The molecular formula is C52H81N5O11. The van der Waals surface area contributed by atoms with Gasteiger partial charge in [-0.15, -0.1) is 0 Å². The predicted octanol–water partition coefficient (Wildman–Crippen LogP) is 3.10. The van der Waals surface area contributed by atoms with E-state index in [4.69, 9.17) is 15.2 Å². The van der Waals surface area contributed by atoms with Crippen molar-refractivity contribution < 1.29 is 54.8 Å². The number of aliphatic carboxylic acids is 1. The number of hydrogen-bond acceptors (Lipinski definition) is 13. The summed E-state index contributed by atoms with van der Waals surface area (Å²) in [6.07, 6.45) is 7.07. The zero-order valence-electron chi connectivity index (χ0n) is 41.0. The number of imidazole rings is 1. The normalized spacial score (nSPS) is 50.7. The maximum Gasteiger partial charge on any atom is 0.310 e. The predicted molar refractivity (Wildman–Crippen MR) is 249 cm³/mol. The third-order valence-electron chi connectivity index (χ3n) is 22.5. The smallest absolute Gasteiger partial charge is 0.310 e. The zero-order valence-corrected chi connectivity index (χ0v) is 41.0. The molecule has 1 aromatic heterocycles. The largest absolute Gasteiger partial charge is 0.481 e. The average molecular weight is 952 g/mol. The Kier molecular flexibility index (Phi) is 12.1. The number of carbonyl (C=O) groups excluding carboxylic acids is 1. The fourth-order valence-corrected chi connectivity index (χ4v) is 18.6. The van der Waals surface area contributed by atoms with Crippen LogP contribution in [0.1, 0.15) is 136 Å². The molecule has 68 heavy (non-hydrogen) atoms. The number of piperidine rings is 1. The first-order chi connectivity index (χ1) is 32.2. The van der Waals surface area contributed by atoms with E-state index in [-0.39, 0.29) is 67.4 Å². The van der Waals surface area contributed by atoms with Crippen LogP contribution in [0.15, 0.2) is 24.2 Å². The van der Waals surface area contributed by atoms with Gasteiger partial charge in [0, 0.05) is 53.9 Å². The van der Waals surface area contributed by atoms with E-state index in [0.29, 0.717) is 64.5 Å². The van der Waals surface area contributed by atoms with Crippen LogP contribution in [0.5, 0.6) is 0 Å². The van der Waals surface area contributed by atoms with Crippen LogP contribution < -0.4 is 16.4 Å². The highest BCUT2D eigenvalue weighted by molar-refractivity contribution is 5.86. The van der Waals surface area contributed by atoms with Gasteiger partial charge in [-0.1, -0.05) is 59.1 Å². The van der Waals surface area contributed by atoms with Gasteiger partial charge in [-0.2, -0.15) is 0 Å². The number of carbonyl (C=O) groups is 2. The van der Waals surface area contributed by atoms with E-state index in [1.807, 2.05) is 13.1 Å². The summed E-state index contributed by atoms with van der Waals surface area (Å²) >= 11 is 0. The van der Waals surface area contributed by atoms with Gasteiger partial charge >= 0.3 is 5.97 Å². The van der Waals surface area contributed by atoms with Crippen molar-refractivity contribution in [2.75, 3.05) is 32.9 Å². The molecule has 3 aliphatic heterocycles. The van der Waals surface area contributed by atoms with Gasteiger partial charge in [0.05, 0.1) is 42.6 Å². The van der Waals surface area contributed by atoms with E-state index in [1.54, 1.807) is 6.33 Å². The van der Waals surface area contributed by atoms with Crippen LogP contribution in [-0.2, 0) is 19.1 Å². The van der Waals surface area contributed by atoms with Crippen molar-refractivity contribution in [1.82, 2.24) is 20.6 Å². The molecule has 1 amide bonds. The molecule has 20 unspecified atom stereocenters. The Labute approximate surface area is 401 Å². The summed E-state index contributed by atoms with van der Waals surface area (Å²) in [6.45, 7) is 11.4. The Morgan fingerprint density at radius 1 is 0.985 bits per heavy atom. The molecule has 1 spiro atoms. The molecule has 9 aliphatic rings. The summed E-state index contributed by atoms with van der Waals surface area (Å²) in [5.74, 6) is -1.72. The molecule has 3 saturated heterocycles. The molecule has 12 N–H and O–H groups in total. The fourth-order valence-electron chi connectivity index (χ4n) is 18.6. The van der Waals surface area contributed by atoms with Crippen LogP contribution in [-0.4, -0.2) is 139 Å². The number of carboxylic acids is 1. The van der Waals surface area contributed by atoms with E-state index in [1.165, 1.54) is 5.57 Å². The number of aromatic amines is 1. The summed E-state index contributed by atoms with van der Waals surface area (Å²) < 4.78 is 12.8. The second-order valence-electron chi connectivity index (χ2n) is 25.1. The first-order valence-electron chi connectivity index (χ1n) is 26.1. The zero-order chi connectivity index (χ0) is 48.6. The maximum atomic E-state index is 14.9. The summed E-state index contributed by atoms with van der Waals surface area (Å²) in [4.78, 5) is 36.3. The van der Waals surface area contributed by atoms with Gasteiger partial charge < -0.3 is 66.6 Å². The number of ether oxygens (including phenoxy) is 2. The highest BCUT2D eigenvalue weighted by Crippen LogP contribution is 2.80. The van der Waals surface area contributed by atoms with Crippen molar-refractivity contribution >= 4 is 11.9 Å². The molecule has 16 nitrogen and oxygen atoms in total. The van der Waals surface area contributed by atoms with Gasteiger partial charge in [0.25, 0.3) is 0 Å². The molecule has 16 heteroatoms. The number of rotatable bonds is 12. The highest BCUT2D eigenvalue weighted by Gasteiger charge is 2.81. The number of carboxylic acid groups (broad SMARTS) is 1. The van der Waals surface area contributed by atoms with E-state index < -0.39 is 86.1 Å². The van der Waals surface area contributed by atoms with E-state index >= 15 is 0 Å². The van der Waals surface area contributed by atoms with E-state index in [2.05, 4.69) is 54.4 Å². The third-order valence-corrected chi connectivity index (χ3v) is 22.5. The Morgan fingerprint density at radius 2 is 1.72 bits per heavy atom. The quantitative estimate of drug-likeness (QED) is 0.106. The SMILES string of the molecule is CC1(CO)CCC2(C(=O)O)CCC3(C)C(=CCC4C3(C)CC3NCC5(CC6C(C(CCCN)c7cnc[nH]7)NC(=O)C67CCCC7)C(O)C(OC6OCC(O)C(O)C6O)C(C)(CO)C3C45C)C2C1. The Bertz CT molecular complexity index is 2120. The number of hydrogen-bond donors (Lipinski definition) is 11. The van der Waals surface area contributed by atoms with Crippen LogP contribution in [0, 0.1) is 67.0 Å². The molecule has 1 aromatic rings. The summed E-state index contributed by atoms with van der Waals surface area (Å²) in [6, 6.07) is -0.507. The van der Waals surface area contributed by atoms with Gasteiger partial charge in [-0.3, -0.25) is 9.59 Å². The van der Waals surface area contributed by atoms with Crippen LogP contribution in [0.3, 0.4) is 0 Å². The summed E-state index contributed by atoms with van der Waals surface area (Å²) in [7, 11) is 0. The Balaban J connectivity index is 1.16. The van der Waals surface area contributed by atoms with Crippen LogP contribution in [0.25, 0.3) is 0 Å². The lowest BCUT2D eigenvalue weighted by atomic mass is 9.27. The van der Waals surface area contributed by atoms with Crippen molar-refractivity contribution in [2.45, 2.75) is 179 Å². The van der Waals surface area contributed by atoms with Crippen molar-refractivity contribution in [2.24, 2.45) is 72.7 Å². The monoisotopic (exact) mass is 952 g/mol. The molecule has 0 radical (unpaired) electrons. The summed E-state index contributed by atoms with van der Waals surface area (Å²) in [5.41, 5.74) is 2.54. The Hall–Kier alpha value is -2.51. The number of nitrogens with one attached hydrogen (secondary N) is 3. The average Bonchev–Trinajstić information content (AvgIpc) is 4.09. The number of amides is 1. The Morgan fingerprint density at radius 3 is 2.38 bits per heavy atom. The van der Waals surface area contributed by atoms with Crippen LogP contribution in [0.2, 0.25) is 0 Å². The molecule has 6 aliphatic carbocycles. The molecule has 380 valence electrons. The minimum Gasteiger partial charge on any atom is -0.481 e. The number of nitrogens with two attached hydrogens (primary N) is 1. The summed E-state index contributed by atoms with van der Waals surface area (Å²) in [5, 5.41) is 88.2. The van der Waals surface area contributed by atoms with E-state index in [9.17, 15) is 45.3 Å². The fraction of sp³-hybridized carbons (Fsp3) is 0.865. The first kappa shape index (κ1) is 49.1. The van der Waals surface area contributed by atoms with Crippen molar-refractivity contribution in [3.63, 3.8) is 0 Å². The number of aromatic nitrogens is 2. The lowest BCUT2D eigenvalue weighted by molar-refractivity contribution is -0.371. The lowest BCUT2D eigenvalue weighted by Gasteiger charge is -2.80. The van der Waals surface area contributed by atoms with Crippen LogP contribution in [0.4, 0.5) is 0 Å². The number of nitrogens with zero attached hydrogens (tertiary/aromatic N) is 1. The third kappa shape index (κ3) is 6.42. The second kappa shape index (κ2) is 16.8.